The molecule has 8 heteroatoms. The molecule has 8 nitrogen and oxygen atoms in total. The van der Waals surface area contributed by atoms with Gasteiger partial charge in [-0.2, -0.15) is 0 Å². The molecule has 0 spiro atoms. The largest absolute Gasteiger partial charge is 0.492 e. The molecule has 0 atom stereocenters. The Hall–Kier alpha value is -3.39. The summed E-state index contributed by atoms with van der Waals surface area (Å²) in [6.45, 7) is 11.4. The molecule has 34 heavy (non-hydrogen) atoms. The fourth-order valence-corrected chi connectivity index (χ4v) is 3.75. The number of rotatable bonds is 7. The topological polar surface area (TPSA) is 103 Å². The van der Waals surface area contributed by atoms with E-state index < -0.39 is 0 Å². The zero-order chi connectivity index (χ0) is 24.5. The fraction of sp³-hybridized carbons (Fsp3) is 0.423. The number of nitrogens with zero attached hydrogens (tertiary/aromatic N) is 1. The van der Waals surface area contributed by atoms with Crippen LogP contribution in [0.25, 0.3) is 22.3 Å². The van der Waals surface area contributed by atoms with Crippen molar-refractivity contribution in [3.8, 4) is 22.9 Å². The van der Waals surface area contributed by atoms with E-state index in [1.807, 2.05) is 45.9 Å². The molecule has 1 amide bonds. The smallest absolute Gasteiger partial charge is 0.262 e. The molecule has 2 heterocycles. The second kappa shape index (κ2) is 9.10. The van der Waals surface area contributed by atoms with Crippen LogP contribution < -0.4 is 20.3 Å². The van der Waals surface area contributed by atoms with Crippen LogP contribution in [0.1, 0.15) is 33.3 Å². The third-order valence-electron chi connectivity index (χ3n) is 5.48. The van der Waals surface area contributed by atoms with Crippen molar-refractivity contribution < 1.29 is 19.0 Å². The summed E-state index contributed by atoms with van der Waals surface area (Å²) in [5.74, 6) is 1.26. The molecule has 0 radical (unpaired) electrons. The molecule has 0 unspecified atom stereocenters. The van der Waals surface area contributed by atoms with Crippen LogP contribution >= 0.6 is 0 Å². The van der Waals surface area contributed by atoms with Gasteiger partial charge in [0.1, 0.15) is 22.7 Å². The molecule has 1 aromatic heterocycles. The van der Waals surface area contributed by atoms with E-state index in [0.717, 1.165) is 5.56 Å². The highest BCUT2D eigenvalue weighted by Crippen LogP contribution is 2.32. The number of hydrogen-bond donors (Lipinski definition) is 2. The van der Waals surface area contributed by atoms with Crippen molar-refractivity contribution >= 4 is 16.8 Å². The number of aryl methyl sites for hydroxylation is 1. The molecule has 4 rings (SSSR count). The highest BCUT2D eigenvalue weighted by molar-refractivity contribution is 5.87. The van der Waals surface area contributed by atoms with Crippen LogP contribution in [0.2, 0.25) is 0 Å². The quantitative estimate of drug-likeness (QED) is 0.553. The van der Waals surface area contributed by atoms with Gasteiger partial charge in [-0.1, -0.05) is 25.1 Å². The van der Waals surface area contributed by atoms with Crippen LogP contribution in [0, 0.1) is 12.3 Å². The van der Waals surface area contributed by atoms with Gasteiger partial charge in [0.25, 0.3) is 11.5 Å². The van der Waals surface area contributed by atoms with Crippen molar-refractivity contribution in [2.75, 3.05) is 26.4 Å². The van der Waals surface area contributed by atoms with Gasteiger partial charge in [0.15, 0.2) is 6.61 Å². The van der Waals surface area contributed by atoms with E-state index in [0.29, 0.717) is 53.6 Å². The summed E-state index contributed by atoms with van der Waals surface area (Å²) in [6, 6.07) is 10.9. The Morgan fingerprint density at radius 1 is 1.21 bits per heavy atom. The number of amides is 1. The number of hydrogen-bond acceptors (Lipinski definition) is 6. The summed E-state index contributed by atoms with van der Waals surface area (Å²) in [5.41, 5.74) is 1.45. The maximum atomic E-state index is 13.1. The minimum Gasteiger partial charge on any atom is -0.492 e. The van der Waals surface area contributed by atoms with Crippen molar-refractivity contribution in [1.29, 1.82) is 0 Å². The van der Waals surface area contributed by atoms with E-state index in [-0.39, 0.29) is 29.0 Å². The van der Waals surface area contributed by atoms with Gasteiger partial charge in [0, 0.05) is 16.5 Å². The molecule has 1 saturated heterocycles. The van der Waals surface area contributed by atoms with E-state index in [1.165, 1.54) is 0 Å². The van der Waals surface area contributed by atoms with E-state index >= 15 is 0 Å². The minimum atomic E-state index is -0.332. The number of carbonyl (C=O) groups is 1. The standard InChI is InChI=1S/C26H31N3O5/c1-16-9-10-19-21(22(16)34-15-26(5)13-32-14-26)24(31)28-23(27-19)17-7-6-8-18(11-17)33-12-20(30)29-25(2,3)4/h6-11H,12-15H2,1-5H3,(H,29,30)(H,27,28,31). The van der Waals surface area contributed by atoms with Crippen LogP contribution in [-0.4, -0.2) is 47.8 Å². The number of benzene rings is 2. The maximum Gasteiger partial charge on any atom is 0.262 e. The minimum absolute atomic E-state index is 0.0427. The fourth-order valence-electron chi connectivity index (χ4n) is 3.75. The van der Waals surface area contributed by atoms with Crippen molar-refractivity contribution in [3.63, 3.8) is 0 Å². The number of aromatic nitrogens is 2. The predicted molar refractivity (Wildman–Crippen MR) is 130 cm³/mol. The van der Waals surface area contributed by atoms with Crippen molar-refractivity contribution in [2.45, 2.75) is 40.2 Å². The second-order valence-corrected chi connectivity index (χ2v) is 10.2. The maximum absolute atomic E-state index is 13.1. The van der Waals surface area contributed by atoms with Gasteiger partial charge in [-0.15, -0.1) is 0 Å². The van der Waals surface area contributed by atoms with E-state index in [1.54, 1.807) is 18.2 Å². The summed E-state index contributed by atoms with van der Waals surface area (Å²) in [7, 11) is 0. The molecule has 0 saturated carbocycles. The van der Waals surface area contributed by atoms with Crippen LogP contribution in [0.15, 0.2) is 41.2 Å². The molecule has 2 aromatic carbocycles. The number of ether oxygens (including phenoxy) is 3. The molecule has 1 aliphatic heterocycles. The predicted octanol–water partition coefficient (Wildman–Crippen LogP) is 3.61. The SMILES string of the molecule is Cc1ccc2nc(-c3cccc(OCC(=O)NC(C)(C)C)c3)[nH]c(=O)c2c1OCC1(C)COC1. The molecule has 1 aliphatic rings. The van der Waals surface area contributed by atoms with Gasteiger partial charge in [-0.3, -0.25) is 9.59 Å². The van der Waals surface area contributed by atoms with Crippen LogP contribution in [0.3, 0.4) is 0 Å². The van der Waals surface area contributed by atoms with Crippen LogP contribution in [0.5, 0.6) is 11.5 Å². The van der Waals surface area contributed by atoms with Gasteiger partial charge in [0.2, 0.25) is 0 Å². The lowest BCUT2D eigenvalue weighted by atomic mass is 9.90. The number of nitrogens with one attached hydrogen (secondary N) is 2. The first kappa shape index (κ1) is 23.8. The summed E-state index contributed by atoms with van der Waals surface area (Å²) in [4.78, 5) is 32.7. The second-order valence-electron chi connectivity index (χ2n) is 10.2. The van der Waals surface area contributed by atoms with Gasteiger partial charge >= 0.3 is 0 Å². The molecule has 3 aromatic rings. The van der Waals surface area contributed by atoms with E-state index in [4.69, 9.17) is 14.2 Å². The zero-order valence-electron chi connectivity index (χ0n) is 20.3. The van der Waals surface area contributed by atoms with Gasteiger partial charge in [0.05, 0.1) is 25.3 Å². The molecule has 0 bridgehead atoms. The van der Waals surface area contributed by atoms with Crippen molar-refractivity contribution in [1.82, 2.24) is 15.3 Å². The number of carbonyl (C=O) groups excluding carboxylic acids is 1. The zero-order valence-corrected chi connectivity index (χ0v) is 20.3. The Bertz CT molecular complexity index is 1270. The van der Waals surface area contributed by atoms with Gasteiger partial charge in [-0.05, 0) is 51.5 Å². The first-order chi connectivity index (χ1) is 16.0. The Morgan fingerprint density at radius 3 is 2.65 bits per heavy atom. The highest BCUT2D eigenvalue weighted by atomic mass is 16.5. The van der Waals surface area contributed by atoms with Crippen LogP contribution in [-0.2, 0) is 9.53 Å². The normalized spacial score (nSPS) is 15.0. The average Bonchev–Trinajstić information content (AvgIpc) is 2.75. The number of fused-ring (bicyclic) bond motifs is 1. The lowest BCUT2D eigenvalue weighted by Gasteiger charge is -2.37. The average molecular weight is 466 g/mol. The number of aromatic amines is 1. The first-order valence-electron chi connectivity index (χ1n) is 11.3. The third kappa shape index (κ3) is 5.39. The van der Waals surface area contributed by atoms with Crippen LogP contribution in [0.4, 0.5) is 0 Å². The molecule has 0 aliphatic carbocycles. The molecule has 180 valence electrons. The Kier molecular flexibility index (Phi) is 6.36. The van der Waals surface area contributed by atoms with E-state index in [2.05, 4.69) is 22.2 Å². The third-order valence-corrected chi connectivity index (χ3v) is 5.48. The summed E-state index contributed by atoms with van der Waals surface area (Å²) in [6.07, 6.45) is 0. The number of H-pyrrole nitrogens is 1. The summed E-state index contributed by atoms with van der Waals surface area (Å²) >= 11 is 0. The molecule has 1 fully saturated rings. The Labute approximate surface area is 198 Å². The molecular formula is C26H31N3O5. The summed E-state index contributed by atoms with van der Waals surface area (Å²) < 4.78 is 17.0. The first-order valence-corrected chi connectivity index (χ1v) is 11.3. The van der Waals surface area contributed by atoms with Crippen molar-refractivity contribution in [3.05, 3.63) is 52.3 Å². The monoisotopic (exact) mass is 465 g/mol. The molecular weight excluding hydrogens is 434 g/mol. The van der Waals surface area contributed by atoms with Gasteiger partial charge < -0.3 is 24.5 Å². The van der Waals surface area contributed by atoms with E-state index in [9.17, 15) is 9.59 Å². The lowest BCUT2D eigenvalue weighted by Crippen LogP contribution is -2.44. The lowest BCUT2D eigenvalue weighted by molar-refractivity contribution is -0.124. The Morgan fingerprint density at radius 2 is 1.97 bits per heavy atom. The van der Waals surface area contributed by atoms with Gasteiger partial charge in [-0.25, -0.2) is 4.98 Å². The van der Waals surface area contributed by atoms with Crippen molar-refractivity contribution in [2.24, 2.45) is 5.41 Å². The highest BCUT2D eigenvalue weighted by Gasteiger charge is 2.34. The Balaban J connectivity index is 1.58. The summed E-state index contributed by atoms with van der Waals surface area (Å²) in [5, 5.41) is 3.29. The molecule has 2 N–H and O–H groups in total.